The molecular formula is C18H20N4OS. The molecule has 2 amide bonds. The van der Waals surface area contributed by atoms with Gasteiger partial charge in [0.05, 0.1) is 12.4 Å². The standard InChI is InChI=1S/C18H20N4OS/c1-14(21-18(23)20-9-8-17-3-2-12-24-17)15-4-6-16(7-5-15)22-11-10-19-13-22/h2-7,10-14H,8-9H2,1H3,(H2,20,21,23)/t14-/m0/s1. The van der Waals surface area contributed by atoms with Gasteiger partial charge in [-0.25, -0.2) is 9.78 Å². The number of thiophene rings is 1. The Morgan fingerprint density at radius 1 is 1.29 bits per heavy atom. The summed E-state index contributed by atoms with van der Waals surface area (Å²) in [7, 11) is 0. The Bertz CT molecular complexity index is 751. The summed E-state index contributed by atoms with van der Waals surface area (Å²) < 4.78 is 1.94. The first kappa shape index (κ1) is 16.3. The minimum atomic E-state index is -0.141. The summed E-state index contributed by atoms with van der Waals surface area (Å²) in [6.07, 6.45) is 6.27. The first-order valence-electron chi connectivity index (χ1n) is 7.87. The average Bonchev–Trinajstić information content (AvgIpc) is 3.29. The van der Waals surface area contributed by atoms with Gasteiger partial charge in [-0.1, -0.05) is 18.2 Å². The fraction of sp³-hybridized carbons (Fsp3) is 0.222. The molecule has 3 rings (SSSR count). The fourth-order valence-electron chi connectivity index (χ4n) is 2.43. The monoisotopic (exact) mass is 340 g/mol. The van der Waals surface area contributed by atoms with Crippen molar-refractivity contribution in [3.63, 3.8) is 0 Å². The first-order chi connectivity index (χ1) is 11.7. The van der Waals surface area contributed by atoms with Crippen molar-refractivity contribution in [1.82, 2.24) is 20.2 Å². The highest BCUT2D eigenvalue weighted by Gasteiger charge is 2.09. The van der Waals surface area contributed by atoms with Crippen LogP contribution < -0.4 is 10.6 Å². The van der Waals surface area contributed by atoms with Crippen molar-refractivity contribution in [2.24, 2.45) is 0 Å². The Hall–Kier alpha value is -2.60. The lowest BCUT2D eigenvalue weighted by Gasteiger charge is -2.15. The number of imidazole rings is 1. The number of hydrogen-bond acceptors (Lipinski definition) is 3. The summed E-state index contributed by atoms with van der Waals surface area (Å²) in [5, 5.41) is 7.91. The number of nitrogens with one attached hydrogen (secondary N) is 2. The summed E-state index contributed by atoms with van der Waals surface area (Å²) in [4.78, 5) is 17.3. The number of hydrogen-bond donors (Lipinski definition) is 2. The van der Waals surface area contributed by atoms with E-state index >= 15 is 0 Å². The third-order valence-electron chi connectivity index (χ3n) is 3.78. The minimum Gasteiger partial charge on any atom is -0.338 e. The summed E-state index contributed by atoms with van der Waals surface area (Å²) in [6.45, 7) is 2.61. The van der Waals surface area contributed by atoms with Gasteiger partial charge in [0.2, 0.25) is 0 Å². The zero-order valence-corrected chi connectivity index (χ0v) is 14.3. The molecule has 1 aromatic carbocycles. The number of rotatable bonds is 6. The van der Waals surface area contributed by atoms with Gasteiger partial charge >= 0.3 is 6.03 Å². The van der Waals surface area contributed by atoms with E-state index in [2.05, 4.69) is 21.7 Å². The maximum absolute atomic E-state index is 12.0. The molecule has 3 aromatic rings. The van der Waals surface area contributed by atoms with Crippen LogP contribution in [0.1, 0.15) is 23.4 Å². The molecule has 0 radical (unpaired) electrons. The smallest absolute Gasteiger partial charge is 0.315 e. The lowest BCUT2D eigenvalue weighted by atomic mass is 10.1. The van der Waals surface area contributed by atoms with Crippen molar-refractivity contribution in [2.45, 2.75) is 19.4 Å². The maximum Gasteiger partial charge on any atom is 0.315 e. The van der Waals surface area contributed by atoms with Gasteiger partial charge in [0.25, 0.3) is 0 Å². The van der Waals surface area contributed by atoms with Gasteiger partial charge in [-0.3, -0.25) is 0 Å². The molecule has 0 saturated heterocycles. The van der Waals surface area contributed by atoms with Crippen molar-refractivity contribution in [3.8, 4) is 5.69 Å². The molecule has 0 saturated carbocycles. The summed E-state index contributed by atoms with van der Waals surface area (Å²) in [6, 6.07) is 12.0. The summed E-state index contributed by atoms with van der Waals surface area (Å²) >= 11 is 1.71. The predicted octanol–water partition coefficient (Wildman–Crippen LogP) is 3.54. The Kier molecular flexibility index (Phi) is 5.28. The van der Waals surface area contributed by atoms with E-state index in [-0.39, 0.29) is 12.1 Å². The predicted molar refractivity (Wildman–Crippen MR) is 96.5 cm³/mol. The molecular weight excluding hydrogens is 320 g/mol. The maximum atomic E-state index is 12.0. The Balaban J connectivity index is 1.48. The Morgan fingerprint density at radius 3 is 2.79 bits per heavy atom. The average molecular weight is 340 g/mol. The van der Waals surface area contributed by atoms with Gasteiger partial charge in [-0.05, 0) is 42.5 Å². The van der Waals surface area contributed by atoms with Crippen molar-refractivity contribution < 1.29 is 4.79 Å². The number of nitrogens with zero attached hydrogens (tertiary/aromatic N) is 2. The van der Waals surface area contributed by atoms with Crippen LogP contribution in [0.5, 0.6) is 0 Å². The molecule has 0 unspecified atom stereocenters. The van der Waals surface area contributed by atoms with Crippen LogP contribution in [0, 0.1) is 0 Å². The SMILES string of the molecule is C[C@H](NC(=O)NCCc1cccs1)c1ccc(-n2ccnc2)cc1. The van der Waals surface area contributed by atoms with Crippen molar-refractivity contribution in [3.05, 3.63) is 70.9 Å². The molecule has 0 fully saturated rings. The van der Waals surface area contributed by atoms with Crippen LogP contribution in [0.3, 0.4) is 0 Å². The molecule has 0 bridgehead atoms. The van der Waals surface area contributed by atoms with E-state index in [1.165, 1.54) is 4.88 Å². The van der Waals surface area contributed by atoms with E-state index in [1.54, 1.807) is 23.9 Å². The van der Waals surface area contributed by atoms with E-state index in [1.807, 2.05) is 53.4 Å². The first-order valence-corrected chi connectivity index (χ1v) is 8.75. The van der Waals surface area contributed by atoms with E-state index in [9.17, 15) is 4.79 Å². The molecule has 0 spiro atoms. The number of benzene rings is 1. The summed E-state index contributed by atoms with van der Waals surface area (Å²) in [5.41, 5.74) is 2.11. The topological polar surface area (TPSA) is 59.0 Å². The number of amides is 2. The highest BCUT2D eigenvalue weighted by molar-refractivity contribution is 7.09. The minimum absolute atomic E-state index is 0.0522. The largest absolute Gasteiger partial charge is 0.338 e. The lowest BCUT2D eigenvalue weighted by Crippen LogP contribution is -2.37. The van der Waals surface area contributed by atoms with Crippen LogP contribution in [0.2, 0.25) is 0 Å². The van der Waals surface area contributed by atoms with E-state index in [4.69, 9.17) is 0 Å². The van der Waals surface area contributed by atoms with Crippen LogP contribution in [0.15, 0.2) is 60.5 Å². The number of urea groups is 1. The number of carbonyl (C=O) groups excluding carboxylic acids is 1. The molecule has 0 aliphatic heterocycles. The van der Waals surface area contributed by atoms with E-state index < -0.39 is 0 Å². The van der Waals surface area contributed by atoms with Crippen LogP contribution in [-0.4, -0.2) is 22.1 Å². The Morgan fingerprint density at radius 2 is 2.12 bits per heavy atom. The molecule has 2 N–H and O–H groups in total. The molecule has 124 valence electrons. The van der Waals surface area contributed by atoms with Crippen LogP contribution in [0.25, 0.3) is 5.69 Å². The van der Waals surface area contributed by atoms with Crippen LogP contribution in [-0.2, 0) is 6.42 Å². The molecule has 2 aromatic heterocycles. The summed E-state index contributed by atoms with van der Waals surface area (Å²) in [5.74, 6) is 0. The van der Waals surface area contributed by atoms with E-state index in [0.717, 1.165) is 17.7 Å². The van der Waals surface area contributed by atoms with Gasteiger partial charge in [-0.15, -0.1) is 11.3 Å². The van der Waals surface area contributed by atoms with Gasteiger partial charge in [0.1, 0.15) is 0 Å². The normalized spacial score (nSPS) is 11.9. The number of aromatic nitrogens is 2. The van der Waals surface area contributed by atoms with Crippen molar-refractivity contribution >= 4 is 17.4 Å². The van der Waals surface area contributed by atoms with Gasteiger partial charge in [0.15, 0.2) is 0 Å². The zero-order chi connectivity index (χ0) is 16.8. The molecule has 0 aliphatic carbocycles. The highest BCUT2D eigenvalue weighted by atomic mass is 32.1. The molecule has 5 nitrogen and oxygen atoms in total. The molecule has 24 heavy (non-hydrogen) atoms. The third-order valence-corrected chi connectivity index (χ3v) is 4.72. The van der Waals surface area contributed by atoms with Crippen molar-refractivity contribution in [2.75, 3.05) is 6.54 Å². The molecule has 1 atom stereocenters. The highest BCUT2D eigenvalue weighted by Crippen LogP contribution is 2.15. The second-order valence-electron chi connectivity index (χ2n) is 5.51. The van der Waals surface area contributed by atoms with Crippen LogP contribution in [0.4, 0.5) is 4.79 Å². The second-order valence-corrected chi connectivity index (χ2v) is 6.55. The van der Waals surface area contributed by atoms with Gasteiger partial charge in [0, 0.05) is 29.5 Å². The molecule has 6 heteroatoms. The van der Waals surface area contributed by atoms with E-state index in [0.29, 0.717) is 6.54 Å². The lowest BCUT2D eigenvalue weighted by molar-refractivity contribution is 0.238. The van der Waals surface area contributed by atoms with Crippen LogP contribution >= 0.6 is 11.3 Å². The van der Waals surface area contributed by atoms with Gasteiger partial charge in [-0.2, -0.15) is 0 Å². The third kappa shape index (κ3) is 4.23. The fourth-order valence-corrected chi connectivity index (χ4v) is 3.14. The van der Waals surface area contributed by atoms with Gasteiger partial charge < -0.3 is 15.2 Å². The molecule has 0 aliphatic rings. The quantitative estimate of drug-likeness (QED) is 0.721. The van der Waals surface area contributed by atoms with Crippen molar-refractivity contribution in [1.29, 1.82) is 0 Å². The zero-order valence-electron chi connectivity index (χ0n) is 13.5. The molecule has 2 heterocycles. The number of carbonyl (C=O) groups is 1. The second kappa shape index (κ2) is 7.79. The Labute approximate surface area is 145 Å².